The molecule has 0 N–H and O–H groups in total. The third-order valence-electron chi connectivity index (χ3n) is 2.72. The van der Waals surface area contributed by atoms with Gasteiger partial charge in [-0.05, 0) is 24.8 Å². The van der Waals surface area contributed by atoms with Crippen LogP contribution in [-0.2, 0) is 16.4 Å². The molecule has 0 fully saturated rings. The number of benzene rings is 1. The van der Waals surface area contributed by atoms with Crippen molar-refractivity contribution >= 4 is 10.0 Å². The van der Waals surface area contributed by atoms with E-state index in [0.717, 1.165) is 12.8 Å². The van der Waals surface area contributed by atoms with Crippen molar-refractivity contribution in [2.24, 2.45) is 0 Å². The third-order valence-corrected chi connectivity index (χ3v) is 4.77. The first kappa shape index (κ1) is 14.2. The van der Waals surface area contributed by atoms with Gasteiger partial charge in [-0.1, -0.05) is 37.3 Å². The Labute approximate surface area is 105 Å². The zero-order valence-corrected chi connectivity index (χ0v) is 11.4. The molecule has 0 radical (unpaired) electrons. The van der Waals surface area contributed by atoms with Crippen molar-refractivity contribution in [3.63, 3.8) is 0 Å². The summed E-state index contributed by atoms with van der Waals surface area (Å²) in [7, 11) is -1.37. The molecule has 0 aliphatic carbocycles. The van der Waals surface area contributed by atoms with Gasteiger partial charge in [-0.3, -0.25) is 0 Å². The molecule has 0 aromatic heterocycles. The number of nitrogens with zero attached hydrogens (tertiary/aromatic N) is 1. The van der Waals surface area contributed by atoms with Crippen LogP contribution >= 0.6 is 0 Å². The molecule has 0 amide bonds. The maximum Gasteiger partial charge on any atom is 0.213 e. The minimum Gasteiger partial charge on any atom is -0.212 e. The molecule has 0 unspecified atom stereocenters. The van der Waals surface area contributed by atoms with E-state index in [-0.39, 0.29) is 5.75 Å². The molecule has 96 valence electrons. The van der Waals surface area contributed by atoms with Crippen LogP contribution < -0.4 is 0 Å². The van der Waals surface area contributed by atoms with Crippen molar-refractivity contribution in [1.29, 1.82) is 0 Å². The van der Waals surface area contributed by atoms with E-state index in [2.05, 4.69) is 12.1 Å². The largest absolute Gasteiger partial charge is 0.213 e. The van der Waals surface area contributed by atoms with E-state index in [1.165, 1.54) is 9.87 Å². The van der Waals surface area contributed by atoms with Crippen LogP contribution in [-0.4, -0.2) is 32.1 Å². The Kier molecular flexibility index (Phi) is 5.65. The molecule has 0 aliphatic rings. The van der Waals surface area contributed by atoms with Gasteiger partial charge in [0.2, 0.25) is 10.0 Å². The number of hydrogen-bond acceptors (Lipinski definition) is 2. The first-order chi connectivity index (χ1) is 8.06. The van der Waals surface area contributed by atoms with Crippen molar-refractivity contribution in [1.82, 2.24) is 4.31 Å². The maximum atomic E-state index is 11.7. The maximum absolute atomic E-state index is 11.7. The summed E-state index contributed by atoms with van der Waals surface area (Å²) in [5.74, 6) is 0.245. The van der Waals surface area contributed by atoms with E-state index in [9.17, 15) is 8.42 Å². The average Bonchev–Trinajstić information content (AvgIpc) is 2.30. The number of sulfonamides is 1. The van der Waals surface area contributed by atoms with Gasteiger partial charge < -0.3 is 0 Å². The smallest absolute Gasteiger partial charge is 0.212 e. The topological polar surface area (TPSA) is 37.4 Å². The van der Waals surface area contributed by atoms with Crippen molar-refractivity contribution in [2.45, 2.75) is 26.2 Å². The molecule has 1 aromatic carbocycles. The molecule has 17 heavy (non-hydrogen) atoms. The Morgan fingerprint density at radius 1 is 1.18 bits per heavy atom. The van der Waals surface area contributed by atoms with Crippen molar-refractivity contribution < 1.29 is 8.42 Å². The number of hydrogen-bond donors (Lipinski definition) is 0. The SMILES string of the molecule is CCCS(=O)(=O)N(C)CCCc1ccccc1. The predicted octanol–water partition coefficient (Wildman–Crippen LogP) is 2.29. The fourth-order valence-corrected chi connectivity index (χ4v) is 2.94. The molecule has 3 nitrogen and oxygen atoms in total. The summed E-state index contributed by atoms with van der Waals surface area (Å²) in [6.45, 7) is 2.48. The van der Waals surface area contributed by atoms with Gasteiger partial charge in [0.25, 0.3) is 0 Å². The van der Waals surface area contributed by atoms with E-state index in [0.29, 0.717) is 13.0 Å². The molecule has 1 aromatic rings. The van der Waals surface area contributed by atoms with Gasteiger partial charge in [-0.25, -0.2) is 12.7 Å². The molecular formula is C13H21NO2S. The second-order valence-corrected chi connectivity index (χ2v) is 6.42. The van der Waals surface area contributed by atoms with Crippen molar-refractivity contribution in [3.8, 4) is 0 Å². The van der Waals surface area contributed by atoms with Gasteiger partial charge in [-0.15, -0.1) is 0 Å². The van der Waals surface area contributed by atoms with Gasteiger partial charge in [0, 0.05) is 13.6 Å². The highest BCUT2D eigenvalue weighted by Gasteiger charge is 2.15. The Balaban J connectivity index is 2.37. The van der Waals surface area contributed by atoms with Crippen molar-refractivity contribution in [2.75, 3.05) is 19.3 Å². The lowest BCUT2D eigenvalue weighted by Gasteiger charge is -2.16. The molecule has 4 heteroatoms. The monoisotopic (exact) mass is 255 g/mol. The van der Waals surface area contributed by atoms with Crippen LogP contribution in [0, 0.1) is 0 Å². The van der Waals surface area contributed by atoms with Crippen LogP contribution in [0.3, 0.4) is 0 Å². The van der Waals surface area contributed by atoms with E-state index in [4.69, 9.17) is 0 Å². The Hall–Kier alpha value is -0.870. The van der Waals surface area contributed by atoms with Crippen LogP contribution in [0.15, 0.2) is 30.3 Å². The lowest BCUT2D eigenvalue weighted by molar-refractivity contribution is 0.461. The number of rotatable bonds is 7. The zero-order chi connectivity index (χ0) is 12.7. The van der Waals surface area contributed by atoms with Gasteiger partial charge in [-0.2, -0.15) is 0 Å². The Bertz CT molecular complexity index is 414. The summed E-state index contributed by atoms with van der Waals surface area (Å²) in [6.07, 6.45) is 2.46. The lowest BCUT2D eigenvalue weighted by Crippen LogP contribution is -2.30. The van der Waals surface area contributed by atoms with E-state index >= 15 is 0 Å². The summed E-state index contributed by atoms with van der Waals surface area (Å²) in [5.41, 5.74) is 1.26. The standard InChI is InChI=1S/C13H21NO2S/c1-3-12-17(15,16)14(2)11-7-10-13-8-5-4-6-9-13/h4-6,8-9H,3,7,10-12H2,1-2H3. The second-order valence-electron chi connectivity index (χ2n) is 4.23. The van der Waals surface area contributed by atoms with Crippen LogP contribution in [0.25, 0.3) is 0 Å². The van der Waals surface area contributed by atoms with E-state index in [1.54, 1.807) is 7.05 Å². The molecule has 1 rings (SSSR count). The van der Waals surface area contributed by atoms with Crippen molar-refractivity contribution in [3.05, 3.63) is 35.9 Å². The summed E-state index contributed by atoms with van der Waals surface area (Å²) >= 11 is 0. The first-order valence-corrected chi connectivity index (χ1v) is 7.65. The molecule has 0 saturated heterocycles. The molecule has 0 spiro atoms. The lowest BCUT2D eigenvalue weighted by atomic mass is 10.1. The van der Waals surface area contributed by atoms with Crippen LogP contribution in [0.2, 0.25) is 0 Å². The van der Waals surface area contributed by atoms with Gasteiger partial charge in [0.1, 0.15) is 0 Å². The van der Waals surface area contributed by atoms with Gasteiger partial charge >= 0.3 is 0 Å². The summed E-state index contributed by atoms with van der Waals surface area (Å²) in [5, 5.41) is 0. The molecule has 0 bridgehead atoms. The molecular weight excluding hydrogens is 234 g/mol. The fourth-order valence-electron chi connectivity index (χ4n) is 1.70. The van der Waals surface area contributed by atoms with Gasteiger partial charge in [0.05, 0.1) is 5.75 Å². The van der Waals surface area contributed by atoms with Crippen LogP contribution in [0.1, 0.15) is 25.3 Å². The second kappa shape index (κ2) is 6.77. The highest BCUT2D eigenvalue weighted by Crippen LogP contribution is 2.06. The van der Waals surface area contributed by atoms with E-state index in [1.807, 2.05) is 25.1 Å². The van der Waals surface area contributed by atoms with Crippen LogP contribution in [0.4, 0.5) is 0 Å². The molecule has 0 aliphatic heterocycles. The summed E-state index contributed by atoms with van der Waals surface area (Å²) < 4.78 is 24.9. The van der Waals surface area contributed by atoms with Crippen LogP contribution in [0.5, 0.6) is 0 Å². The average molecular weight is 255 g/mol. The zero-order valence-electron chi connectivity index (χ0n) is 10.6. The molecule has 0 heterocycles. The summed E-state index contributed by atoms with van der Waals surface area (Å²) in [4.78, 5) is 0. The third kappa shape index (κ3) is 4.88. The van der Waals surface area contributed by atoms with E-state index < -0.39 is 10.0 Å². The predicted molar refractivity (Wildman–Crippen MR) is 71.5 cm³/mol. The Morgan fingerprint density at radius 3 is 2.41 bits per heavy atom. The highest BCUT2D eigenvalue weighted by atomic mass is 32.2. The number of aryl methyl sites for hydroxylation is 1. The summed E-state index contributed by atoms with van der Waals surface area (Å²) in [6, 6.07) is 10.1. The Morgan fingerprint density at radius 2 is 1.82 bits per heavy atom. The highest BCUT2D eigenvalue weighted by molar-refractivity contribution is 7.89. The van der Waals surface area contributed by atoms with Gasteiger partial charge in [0.15, 0.2) is 0 Å². The molecule has 0 atom stereocenters. The minimum atomic E-state index is -3.03. The minimum absolute atomic E-state index is 0.245. The normalized spacial score (nSPS) is 11.9. The molecule has 0 saturated carbocycles. The first-order valence-electron chi connectivity index (χ1n) is 6.04. The fraction of sp³-hybridized carbons (Fsp3) is 0.538. The quantitative estimate of drug-likeness (QED) is 0.749.